The lowest BCUT2D eigenvalue weighted by Gasteiger charge is -2.17. The van der Waals surface area contributed by atoms with Gasteiger partial charge < -0.3 is 14.5 Å². The van der Waals surface area contributed by atoms with Crippen molar-refractivity contribution in [2.45, 2.75) is 19.9 Å². The molecule has 2 aromatic carbocycles. The first-order chi connectivity index (χ1) is 13.1. The fourth-order valence-corrected chi connectivity index (χ4v) is 2.69. The van der Waals surface area contributed by atoms with Crippen molar-refractivity contribution in [3.8, 4) is 5.75 Å². The van der Waals surface area contributed by atoms with Gasteiger partial charge in [-0.05, 0) is 49.2 Å². The van der Waals surface area contributed by atoms with Crippen molar-refractivity contribution >= 4 is 17.6 Å². The van der Waals surface area contributed by atoms with Gasteiger partial charge in [0.25, 0.3) is 5.91 Å². The van der Waals surface area contributed by atoms with Crippen molar-refractivity contribution in [1.82, 2.24) is 5.32 Å². The topological polar surface area (TPSA) is 51.5 Å². The van der Waals surface area contributed by atoms with Crippen LogP contribution >= 0.6 is 0 Å². The van der Waals surface area contributed by atoms with E-state index in [0.717, 1.165) is 16.9 Å². The van der Waals surface area contributed by atoms with Gasteiger partial charge in [0.15, 0.2) is 0 Å². The third kappa shape index (κ3) is 5.11. The van der Waals surface area contributed by atoms with Gasteiger partial charge in [-0.3, -0.25) is 4.79 Å². The highest BCUT2D eigenvalue weighted by molar-refractivity contribution is 6.24. The molecule has 0 unspecified atom stereocenters. The zero-order valence-electron chi connectivity index (χ0n) is 15.5. The molecule has 138 valence electrons. The Labute approximate surface area is 159 Å². The minimum Gasteiger partial charge on any atom is -0.491 e. The van der Waals surface area contributed by atoms with Crippen molar-refractivity contribution in [2.24, 2.45) is 0 Å². The molecule has 1 aromatic heterocycles. The predicted molar refractivity (Wildman–Crippen MR) is 107 cm³/mol. The molecule has 1 heterocycles. The molecule has 0 saturated carbocycles. The molecular weight excluding hydrogens is 338 g/mol. The third-order valence-electron chi connectivity index (χ3n) is 4.12. The first-order valence-corrected chi connectivity index (χ1v) is 8.93. The molecule has 0 bridgehead atoms. The summed E-state index contributed by atoms with van der Waals surface area (Å²) in [5, 5.41) is 3.01. The maximum Gasteiger partial charge on any atom is 0.252 e. The molecule has 27 heavy (non-hydrogen) atoms. The molecule has 3 rings (SSSR count). The lowest BCUT2D eigenvalue weighted by atomic mass is 10.0. The van der Waals surface area contributed by atoms with E-state index < -0.39 is 0 Å². The minimum absolute atomic E-state index is 0.152. The second kappa shape index (κ2) is 8.90. The number of carbonyl (C=O) groups is 1. The number of carbonyl (C=O) groups excluding carboxylic acids is 1. The van der Waals surface area contributed by atoms with Crippen LogP contribution in [0.25, 0.3) is 11.6 Å². The average molecular weight is 361 g/mol. The SMILES string of the molecule is Cc1ccccc1OC[C@@H](C)NC(=O)/C(=C/c1ccco1)c1ccccc1. The second-order valence-corrected chi connectivity index (χ2v) is 6.39. The van der Waals surface area contributed by atoms with Crippen LogP contribution < -0.4 is 10.1 Å². The molecule has 0 aliphatic heterocycles. The van der Waals surface area contributed by atoms with E-state index in [4.69, 9.17) is 9.15 Å². The van der Waals surface area contributed by atoms with Crippen LogP contribution in [0.3, 0.4) is 0 Å². The number of hydrogen-bond donors (Lipinski definition) is 1. The number of benzene rings is 2. The Hall–Kier alpha value is -3.27. The van der Waals surface area contributed by atoms with Gasteiger partial charge in [-0.2, -0.15) is 0 Å². The van der Waals surface area contributed by atoms with Crippen molar-refractivity contribution < 1.29 is 13.9 Å². The summed E-state index contributed by atoms with van der Waals surface area (Å²) in [6.45, 7) is 4.31. The Morgan fingerprint density at radius 1 is 1.07 bits per heavy atom. The number of hydrogen-bond acceptors (Lipinski definition) is 3. The molecule has 0 spiro atoms. The largest absolute Gasteiger partial charge is 0.491 e. The number of furan rings is 1. The summed E-state index contributed by atoms with van der Waals surface area (Å²) in [7, 11) is 0. The van der Waals surface area contributed by atoms with Crippen LogP contribution in [0.5, 0.6) is 5.75 Å². The molecule has 1 N–H and O–H groups in total. The standard InChI is InChI=1S/C23H23NO3/c1-17-9-6-7-13-22(17)27-16-18(2)24-23(25)21(15-20-12-8-14-26-20)19-10-4-3-5-11-19/h3-15,18H,16H2,1-2H3,(H,24,25)/b21-15+/t18-/m1/s1. The highest BCUT2D eigenvalue weighted by Gasteiger charge is 2.16. The van der Waals surface area contributed by atoms with Crippen LogP contribution in [-0.2, 0) is 4.79 Å². The van der Waals surface area contributed by atoms with Gasteiger partial charge in [0, 0.05) is 0 Å². The normalized spacial score (nSPS) is 12.4. The Kier molecular flexibility index (Phi) is 6.10. The molecule has 1 amide bonds. The highest BCUT2D eigenvalue weighted by Crippen LogP contribution is 2.20. The minimum atomic E-state index is -0.168. The van der Waals surface area contributed by atoms with Crippen molar-refractivity contribution in [3.63, 3.8) is 0 Å². The van der Waals surface area contributed by atoms with Crippen LogP contribution in [0, 0.1) is 6.92 Å². The van der Waals surface area contributed by atoms with Gasteiger partial charge in [-0.15, -0.1) is 0 Å². The molecule has 4 nitrogen and oxygen atoms in total. The summed E-state index contributed by atoms with van der Waals surface area (Å²) in [5.41, 5.74) is 2.45. The van der Waals surface area contributed by atoms with E-state index in [2.05, 4.69) is 5.32 Å². The zero-order chi connectivity index (χ0) is 19.1. The number of rotatable bonds is 7. The van der Waals surface area contributed by atoms with Crippen LogP contribution in [0.4, 0.5) is 0 Å². The average Bonchev–Trinajstić information content (AvgIpc) is 3.19. The fraction of sp³-hybridized carbons (Fsp3) is 0.174. The quantitative estimate of drug-likeness (QED) is 0.620. The molecule has 0 aliphatic carbocycles. The Morgan fingerprint density at radius 3 is 2.52 bits per heavy atom. The Bertz CT molecular complexity index is 898. The summed E-state index contributed by atoms with van der Waals surface area (Å²) >= 11 is 0. The number of aryl methyl sites for hydroxylation is 1. The maximum atomic E-state index is 12.9. The maximum absolute atomic E-state index is 12.9. The third-order valence-corrected chi connectivity index (χ3v) is 4.12. The van der Waals surface area contributed by atoms with Crippen LogP contribution in [0.1, 0.15) is 23.8 Å². The molecule has 4 heteroatoms. The number of para-hydroxylation sites is 1. The molecule has 1 atom stereocenters. The predicted octanol–water partition coefficient (Wildman–Crippen LogP) is 4.71. The van der Waals surface area contributed by atoms with E-state index in [1.54, 1.807) is 18.4 Å². The van der Waals surface area contributed by atoms with Crippen molar-refractivity contribution in [2.75, 3.05) is 6.61 Å². The molecule has 0 radical (unpaired) electrons. The molecule has 3 aromatic rings. The van der Waals surface area contributed by atoms with Gasteiger partial charge >= 0.3 is 0 Å². The van der Waals surface area contributed by atoms with E-state index in [-0.39, 0.29) is 11.9 Å². The summed E-state index contributed by atoms with van der Waals surface area (Å²) in [6, 6.07) is 20.8. The molecule has 0 aliphatic rings. The summed E-state index contributed by atoms with van der Waals surface area (Å²) < 4.78 is 11.2. The lowest BCUT2D eigenvalue weighted by Crippen LogP contribution is -2.37. The Balaban J connectivity index is 1.70. The van der Waals surface area contributed by atoms with E-state index in [1.807, 2.05) is 74.5 Å². The van der Waals surface area contributed by atoms with Crippen LogP contribution in [0.2, 0.25) is 0 Å². The monoisotopic (exact) mass is 361 g/mol. The van der Waals surface area contributed by atoms with Crippen LogP contribution in [0.15, 0.2) is 77.4 Å². The van der Waals surface area contributed by atoms with Crippen molar-refractivity contribution in [3.05, 3.63) is 89.9 Å². The highest BCUT2D eigenvalue weighted by atomic mass is 16.5. The smallest absolute Gasteiger partial charge is 0.252 e. The second-order valence-electron chi connectivity index (χ2n) is 6.39. The van der Waals surface area contributed by atoms with E-state index >= 15 is 0 Å². The lowest BCUT2D eigenvalue weighted by molar-refractivity contribution is -0.116. The summed E-state index contributed by atoms with van der Waals surface area (Å²) in [6.07, 6.45) is 3.34. The van der Waals surface area contributed by atoms with Crippen LogP contribution in [-0.4, -0.2) is 18.6 Å². The molecular formula is C23H23NO3. The van der Waals surface area contributed by atoms with Gasteiger partial charge in [-0.1, -0.05) is 48.5 Å². The number of nitrogens with one attached hydrogen (secondary N) is 1. The summed E-state index contributed by atoms with van der Waals surface area (Å²) in [5.74, 6) is 1.29. The van der Waals surface area contributed by atoms with Gasteiger partial charge in [0.1, 0.15) is 18.1 Å². The van der Waals surface area contributed by atoms with E-state index in [0.29, 0.717) is 17.9 Å². The van der Waals surface area contributed by atoms with Gasteiger partial charge in [-0.25, -0.2) is 0 Å². The molecule has 0 saturated heterocycles. The first-order valence-electron chi connectivity index (χ1n) is 8.93. The van der Waals surface area contributed by atoms with Crippen molar-refractivity contribution in [1.29, 1.82) is 0 Å². The van der Waals surface area contributed by atoms with E-state index in [9.17, 15) is 4.79 Å². The van der Waals surface area contributed by atoms with Gasteiger partial charge in [0.2, 0.25) is 0 Å². The molecule has 0 fully saturated rings. The van der Waals surface area contributed by atoms with E-state index in [1.165, 1.54) is 0 Å². The number of amides is 1. The zero-order valence-corrected chi connectivity index (χ0v) is 15.5. The number of ether oxygens (including phenoxy) is 1. The summed E-state index contributed by atoms with van der Waals surface area (Å²) in [4.78, 5) is 12.9. The fourth-order valence-electron chi connectivity index (χ4n) is 2.69. The van der Waals surface area contributed by atoms with Gasteiger partial charge in [0.05, 0.1) is 17.9 Å². The Morgan fingerprint density at radius 2 is 1.81 bits per heavy atom. The first kappa shape index (κ1) is 18.5.